The molecule has 0 saturated carbocycles. The molecule has 0 bridgehead atoms. The van der Waals surface area contributed by atoms with Crippen molar-refractivity contribution in [3.63, 3.8) is 0 Å². The van der Waals surface area contributed by atoms with Crippen molar-refractivity contribution < 1.29 is 28.6 Å². The SMILES string of the molecule is COc1cc(C(=O)CCOC(C)=O)ccc1OC(C)=O. The van der Waals surface area contributed by atoms with Gasteiger partial charge in [0.05, 0.1) is 13.7 Å². The Bertz CT molecular complexity index is 520. The maximum absolute atomic E-state index is 11.9. The highest BCUT2D eigenvalue weighted by atomic mass is 16.6. The summed E-state index contributed by atoms with van der Waals surface area (Å²) in [6.07, 6.45) is 0.0790. The molecule has 0 aliphatic carbocycles. The number of hydrogen-bond donors (Lipinski definition) is 0. The van der Waals surface area contributed by atoms with Gasteiger partial charge in [0, 0.05) is 25.8 Å². The van der Waals surface area contributed by atoms with Crippen LogP contribution in [0.2, 0.25) is 0 Å². The fourth-order valence-electron chi connectivity index (χ4n) is 1.51. The number of rotatable bonds is 6. The van der Waals surface area contributed by atoms with E-state index in [0.717, 1.165) is 0 Å². The maximum atomic E-state index is 11.9. The number of ether oxygens (including phenoxy) is 3. The molecule has 1 rings (SSSR count). The fraction of sp³-hybridized carbons (Fsp3) is 0.357. The molecule has 0 saturated heterocycles. The molecule has 0 unspecified atom stereocenters. The summed E-state index contributed by atoms with van der Waals surface area (Å²) < 4.78 is 14.7. The molecule has 0 aromatic heterocycles. The molecule has 6 heteroatoms. The largest absolute Gasteiger partial charge is 0.493 e. The molecule has 0 radical (unpaired) electrons. The Morgan fingerprint density at radius 1 is 1.05 bits per heavy atom. The second-order valence-corrected chi connectivity index (χ2v) is 3.97. The van der Waals surface area contributed by atoms with Crippen molar-refractivity contribution in [1.82, 2.24) is 0 Å². The predicted molar refractivity (Wildman–Crippen MR) is 69.9 cm³/mol. The molecule has 1 aromatic carbocycles. The van der Waals surface area contributed by atoms with Crippen LogP contribution in [0.25, 0.3) is 0 Å². The van der Waals surface area contributed by atoms with Crippen LogP contribution in [0, 0.1) is 0 Å². The number of Topliss-reactive ketones (excluding diaryl/α,β-unsaturated/α-hetero) is 1. The van der Waals surface area contributed by atoms with E-state index in [1.165, 1.54) is 39.2 Å². The van der Waals surface area contributed by atoms with Crippen LogP contribution >= 0.6 is 0 Å². The topological polar surface area (TPSA) is 78.9 Å². The average Bonchev–Trinajstić information content (AvgIpc) is 2.37. The summed E-state index contributed by atoms with van der Waals surface area (Å²) in [7, 11) is 1.41. The van der Waals surface area contributed by atoms with E-state index in [4.69, 9.17) is 14.2 Å². The molecule has 0 amide bonds. The van der Waals surface area contributed by atoms with E-state index in [9.17, 15) is 14.4 Å². The number of esters is 2. The van der Waals surface area contributed by atoms with E-state index in [1.54, 1.807) is 0 Å². The minimum Gasteiger partial charge on any atom is -0.493 e. The van der Waals surface area contributed by atoms with E-state index in [1.807, 2.05) is 0 Å². The zero-order valence-corrected chi connectivity index (χ0v) is 11.6. The first-order valence-electron chi connectivity index (χ1n) is 5.97. The van der Waals surface area contributed by atoms with Crippen LogP contribution in [-0.4, -0.2) is 31.4 Å². The van der Waals surface area contributed by atoms with Gasteiger partial charge in [-0.2, -0.15) is 0 Å². The van der Waals surface area contributed by atoms with Gasteiger partial charge < -0.3 is 14.2 Å². The Morgan fingerprint density at radius 2 is 1.75 bits per heavy atom. The second kappa shape index (κ2) is 7.28. The van der Waals surface area contributed by atoms with Gasteiger partial charge in [-0.1, -0.05) is 0 Å². The third-order valence-corrected chi connectivity index (χ3v) is 2.37. The average molecular weight is 280 g/mol. The summed E-state index contributed by atoms with van der Waals surface area (Å²) in [4.78, 5) is 33.4. The lowest BCUT2D eigenvalue weighted by molar-refractivity contribution is -0.140. The van der Waals surface area contributed by atoms with Crippen molar-refractivity contribution >= 4 is 17.7 Å². The monoisotopic (exact) mass is 280 g/mol. The van der Waals surface area contributed by atoms with E-state index in [0.29, 0.717) is 11.3 Å². The lowest BCUT2D eigenvalue weighted by Crippen LogP contribution is -2.08. The summed E-state index contributed by atoms with van der Waals surface area (Å²) in [6, 6.07) is 4.49. The Hall–Kier alpha value is -2.37. The first-order valence-corrected chi connectivity index (χ1v) is 5.97. The third kappa shape index (κ3) is 4.72. The molecule has 108 valence electrons. The van der Waals surface area contributed by atoms with Gasteiger partial charge in [0.15, 0.2) is 17.3 Å². The van der Waals surface area contributed by atoms with Crippen molar-refractivity contribution in [1.29, 1.82) is 0 Å². The predicted octanol–water partition coefficient (Wildman–Crippen LogP) is 1.76. The van der Waals surface area contributed by atoms with Gasteiger partial charge in [-0.25, -0.2) is 0 Å². The Morgan fingerprint density at radius 3 is 2.30 bits per heavy atom. The molecule has 20 heavy (non-hydrogen) atoms. The Balaban J connectivity index is 2.78. The highest BCUT2D eigenvalue weighted by Gasteiger charge is 2.12. The molecular formula is C14H16O6. The number of carbonyl (C=O) groups excluding carboxylic acids is 3. The van der Waals surface area contributed by atoms with Crippen LogP contribution in [0.4, 0.5) is 0 Å². The van der Waals surface area contributed by atoms with Crippen molar-refractivity contribution in [2.45, 2.75) is 20.3 Å². The molecular weight excluding hydrogens is 264 g/mol. The number of carbonyl (C=O) groups is 3. The van der Waals surface area contributed by atoms with Gasteiger partial charge in [-0.15, -0.1) is 0 Å². The molecule has 0 aliphatic rings. The van der Waals surface area contributed by atoms with Gasteiger partial charge in [0.25, 0.3) is 0 Å². The summed E-state index contributed by atoms with van der Waals surface area (Å²) in [5.41, 5.74) is 0.393. The summed E-state index contributed by atoms with van der Waals surface area (Å²) in [6.45, 7) is 2.58. The van der Waals surface area contributed by atoms with Gasteiger partial charge in [0.1, 0.15) is 0 Å². The number of benzene rings is 1. The number of hydrogen-bond acceptors (Lipinski definition) is 6. The van der Waals surface area contributed by atoms with Crippen molar-refractivity contribution in [3.8, 4) is 11.5 Å². The van der Waals surface area contributed by atoms with Crippen molar-refractivity contribution in [2.24, 2.45) is 0 Å². The lowest BCUT2D eigenvalue weighted by atomic mass is 10.1. The molecule has 0 atom stereocenters. The summed E-state index contributed by atoms with van der Waals surface area (Å²) in [5, 5.41) is 0. The molecule has 0 spiro atoms. The summed E-state index contributed by atoms with van der Waals surface area (Å²) in [5.74, 6) is -0.563. The quantitative estimate of drug-likeness (QED) is 0.449. The number of methoxy groups -OCH3 is 1. The number of ketones is 1. The van der Waals surface area contributed by atoms with Gasteiger partial charge >= 0.3 is 11.9 Å². The van der Waals surface area contributed by atoms with Gasteiger partial charge in [0.2, 0.25) is 0 Å². The van der Waals surface area contributed by atoms with Gasteiger partial charge in [-0.3, -0.25) is 14.4 Å². The molecule has 0 N–H and O–H groups in total. The molecule has 6 nitrogen and oxygen atoms in total. The first kappa shape index (κ1) is 15.7. The van der Waals surface area contributed by atoms with Crippen LogP contribution in [0.1, 0.15) is 30.6 Å². The Kier molecular flexibility index (Phi) is 5.71. The standard InChI is InChI=1S/C14H16O6/c1-9(15)19-7-6-12(17)11-4-5-13(20-10(2)16)14(8-11)18-3/h4-5,8H,6-7H2,1-3H3. The maximum Gasteiger partial charge on any atom is 0.308 e. The van der Waals surface area contributed by atoms with Crippen LogP contribution < -0.4 is 9.47 Å². The zero-order chi connectivity index (χ0) is 15.1. The molecule has 0 aliphatic heterocycles. The van der Waals surface area contributed by atoms with Gasteiger partial charge in [-0.05, 0) is 18.2 Å². The van der Waals surface area contributed by atoms with Crippen LogP contribution in [0.15, 0.2) is 18.2 Å². The van der Waals surface area contributed by atoms with Crippen LogP contribution in [0.5, 0.6) is 11.5 Å². The smallest absolute Gasteiger partial charge is 0.308 e. The highest BCUT2D eigenvalue weighted by molar-refractivity contribution is 5.97. The van der Waals surface area contributed by atoms with Crippen molar-refractivity contribution in [2.75, 3.05) is 13.7 Å². The Labute approximate surface area is 116 Å². The fourth-order valence-corrected chi connectivity index (χ4v) is 1.51. The van der Waals surface area contributed by atoms with E-state index in [2.05, 4.69) is 0 Å². The molecule has 0 fully saturated rings. The highest BCUT2D eigenvalue weighted by Crippen LogP contribution is 2.28. The van der Waals surface area contributed by atoms with E-state index < -0.39 is 11.9 Å². The van der Waals surface area contributed by atoms with E-state index >= 15 is 0 Å². The normalized spacial score (nSPS) is 9.75. The first-order chi connectivity index (χ1) is 9.43. The lowest BCUT2D eigenvalue weighted by Gasteiger charge is -2.09. The van der Waals surface area contributed by atoms with Crippen molar-refractivity contribution in [3.05, 3.63) is 23.8 Å². The third-order valence-electron chi connectivity index (χ3n) is 2.37. The zero-order valence-electron chi connectivity index (χ0n) is 11.6. The molecule has 0 heterocycles. The van der Waals surface area contributed by atoms with Crippen LogP contribution in [0.3, 0.4) is 0 Å². The molecule has 1 aromatic rings. The van der Waals surface area contributed by atoms with Crippen LogP contribution in [-0.2, 0) is 14.3 Å². The minimum atomic E-state index is -0.475. The van der Waals surface area contributed by atoms with E-state index in [-0.39, 0.29) is 24.6 Å². The summed E-state index contributed by atoms with van der Waals surface area (Å²) >= 11 is 0. The minimum absolute atomic E-state index is 0.0299. The second-order valence-electron chi connectivity index (χ2n) is 3.97.